The summed E-state index contributed by atoms with van der Waals surface area (Å²) in [5.74, 6) is 0.991. The average Bonchev–Trinajstić information content (AvgIpc) is 2.22. The van der Waals surface area contributed by atoms with E-state index in [0.29, 0.717) is 17.3 Å². The van der Waals surface area contributed by atoms with Gasteiger partial charge in [-0.25, -0.2) is 0 Å². The van der Waals surface area contributed by atoms with Gasteiger partial charge in [-0.3, -0.25) is 4.79 Å². The molecule has 4 bridgehead atoms. The monoisotopic (exact) mass is 293 g/mol. The van der Waals surface area contributed by atoms with Gasteiger partial charge in [0.15, 0.2) is 0 Å². The van der Waals surface area contributed by atoms with Crippen LogP contribution in [0.4, 0.5) is 0 Å². The molecule has 0 aromatic carbocycles. The highest BCUT2D eigenvalue weighted by molar-refractivity contribution is 5.84. The standard InChI is InChI=1S/C18H31NO2/c1-15(2,5-6-20)19-14(21)18-9-13-7-16(3,11-18)10-17(4,8-13)12-18/h13,20H,5-12H2,1-4H3,(H,19,21). The van der Waals surface area contributed by atoms with E-state index >= 15 is 0 Å². The molecule has 2 atom stereocenters. The first-order valence-electron chi connectivity index (χ1n) is 8.53. The summed E-state index contributed by atoms with van der Waals surface area (Å²) in [4.78, 5) is 13.1. The first-order valence-corrected chi connectivity index (χ1v) is 8.53. The molecule has 1 amide bonds. The second kappa shape index (κ2) is 4.47. The predicted molar refractivity (Wildman–Crippen MR) is 83.8 cm³/mol. The molecule has 3 nitrogen and oxygen atoms in total. The summed E-state index contributed by atoms with van der Waals surface area (Å²) in [5, 5.41) is 12.4. The van der Waals surface area contributed by atoms with Gasteiger partial charge in [-0.15, -0.1) is 0 Å². The van der Waals surface area contributed by atoms with Gasteiger partial charge < -0.3 is 10.4 Å². The summed E-state index contributed by atoms with van der Waals surface area (Å²) in [6.45, 7) is 8.96. The van der Waals surface area contributed by atoms with Gasteiger partial charge in [0.1, 0.15) is 0 Å². The predicted octanol–water partition coefficient (Wildman–Crippen LogP) is 3.26. The Balaban J connectivity index is 1.83. The molecule has 4 rings (SSSR count). The van der Waals surface area contributed by atoms with Gasteiger partial charge in [0.05, 0.1) is 5.41 Å². The van der Waals surface area contributed by atoms with Crippen LogP contribution in [-0.4, -0.2) is 23.2 Å². The molecular weight excluding hydrogens is 262 g/mol. The second-order valence-electron chi connectivity index (χ2n) is 9.72. The van der Waals surface area contributed by atoms with E-state index in [1.165, 1.54) is 19.3 Å². The molecule has 3 heteroatoms. The van der Waals surface area contributed by atoms with Crippen LogP contribution in [0.15, 0.2) is 0 Å². The molecule has 0 radical (unpaired) electrons. The van der Waals surface area contributed by atoms with Crippen molar-refractivity contribution < 1.29 is 9.90 Å². The van der Waals surface area contributed by atoms with Crippen LogP contribution in [0, 0.1) is 22.2 Å². The van der Waals surface area contributed by atoms with Crippen LogP contribution in [0.3, 0.4) is 0 Å². The summed E-state index contributed by atoms with van der Waals surface area (Å²) < 4.78 is 0. The van der Waals surface area contributed by atoms with Crippen molar-refractivity contribution in [3.8, 4) is 0 Å². The SMILES string of the molecule is CC12CC3CC(C)(C1)CC(C(=O)NC(C)(C)CCO)(C3)C2. The number of rotatable bonds is 4. The molecule has 2 N–H and O–H groups in total. The van der Waals surface area contributed by atoms with E-state index in [1.54, 1.807) is 0 Å². The lowest BCUT2D eigenvalue weighted by Crippen LogP contribution is -2.62. The minimum absolute atomic E-state index is 0.123. The number of amides is 1. The third kappa shape index (κ3) is 2.62. The number of nitrogens with one attached hydrogen (secondary N) is 1. The highest BCUT2D eigenvalue weighted by Crippen LogP contribution is 2.69. The summed E-state index contributed by atoms with van der Waals surface area (Å²) in [7, 11) is 0. The van der Waals surface area contributed by atoms with E-state index in [4.69, 9.17) is 0 Å². The van der Waals surface area contributed by atoms with Gasteiger partial charge >= 0.3 is 0 Å². The molecule has 120 valence electrons. The zero-order valence-corrected chi connectivity index (χ0v) is 14.1. The van der Waals surface area contributed by atoms with E-state index < -0.39 is 0 Å². The fraction of sp³-hybridized carbons (Fsp3) is 0.944. The molecule has 2 unspecified atom stereocenters. The number of aliphatic hydroxyl groups is 1. The van der Waals surface area contributed by atoms with Gasteiger partial charge in [-0.05, 0) is 75.5 Å². The molecule has 0 saturated heterocycles. The van der Waals surface area contributed by atoms with E-state index in [2.05, 4.69) is 19.2 Å². The zero-order valence-electron chi connectivity index (χ0n) is 14.1. The Morgan fingerprint density at radius 2 is 1.71 bits per heavy atom. The number of hydrogen-bond acceptors (Lipinski definition) is 2. The Kier molecular flexibility index (Phi) is 3.26. The lowest BCUT2D eigenvalue weighted by Gasteiger charge is -2.64. The van der Waals surface area contributed by atoms with Crippen LogP contribution < -0.4 is 5.32 Å². The smallest absolute Gasteiger partial charge is 0.226 e. The third-order valence-electron chi connectivity index (χ3n) is 6.30. The quantitative estimate of drug-likeness (QED) is 0.836. The summed E-state index contributed by atoms with van der Waals surface area (Å²) in [6.07, 6.45) is 7.76. The largest absolute Gasteiger partial charge is 0.396 e. The van der Waals surface area contributed by atoms with Crippen molar-refractivity contribution in [1.82, 2.24) is 5.32 Å². The molecule has 0 aromatic heterocycles. The minimum atomic E-state index is -0.309. The van der Waals surface area contributed by atoms with Gasteiger partial charge in [0.2, 0.25) is 5.91 Å². The van der Waals surface area contributed by atoms with E-state index in [9.17, 15) is 9.90 Å². The maximum absolute atomic E-state index is 13.1. The summed E-state index contributed by atoms with van der Waals surface area (Å²) in [6, 6.07) is 0. The molecule has 4 aliphatic rings. The van der Waals surface area contributed by atoms with Gasteiger partial charge in [-0.1, -0.05) is 13.8 Å². The van der Waals surface area contributed by atoms with Gasteiger partial charge in [0, 0.05) is 12.1 Å². The van der Waals surface area contributed by atoms with Crippen molar-refractivity contribution >= 4 is 5.91 Å². The van der Waals surface area contributed by atoms with Gasteiger partial charge in [0.25, 0.3) is 0 Å². The van der Waals surface area contributed by atoms with Crippen LogP contribution in [-0.2, 0) is 4.79 Å². The molecule has 0 heterocycles. The maximum atomic E-state index is 13.1. The second-order valence-corrected chi connectivity index (χ2v) is 9.72. The lowest BCUT2D eigenvalue weighted by atomic mass is 9.40. The van der Waals surface area contributed by atoms with Crippen LogP contribution >= 0.6 is 0 Å². The van der Waals surface area contributed by atoms with Crippen molar-refractivity contribution in [2.75, 3.05) is 6.61 Å². The summed E-state index contributed by atoms with van der Waals surface area (Å²) in [5.41, 5.74) is 0.284. The first kappa shape index (κ1) is 15.3. The molecule has 21 heavy (non-hydrogen) atoms. The van der Waals surface area contributed by atoms with Crippen molar-refractivity contribution in [3.63, 3.8) is 0 Å². The maximum Gasteiger partial charge on any atom is 0.226 e. The van der Waals surface area contributed by atoms with Crippen molar-refractivity contribution in [1.29, 1.82) is 0 Å². The molecule has 4 aliphatic carbocycles. The number of carbonyl (C=O) groups excluding carboxylic acids is 1. The molecule has 0 aliphatic heterocycles. The number of aliphatic hydroxyl groups excluding tert-OH is 1. The van der Waals surface area contributed by atoms with Crippen molar-refractivity contribution in [2.45, 2.75) is 78.2 Å². The van der Waals surface area contributed by atoms with Crippen molar-refractivity contribution in [2.24, 2.45) is 22.2 Å². The Labute approximate surface area is 128 Å². The van der Waals surface area contributed by atoms with E-state index in [0.717, 1.165) is 25.2 Å². The molecule has 0 spiro atoms. The Morgan fingerprint density at radius 3 is 2.19 bits per heavy atom. The highest BCUT2D eigenvalue weighted by Gasteiger charge is 2.62. The highest BCUT2D eigenvalue weighted by atomic mass is 16.3. The fourth-order valence-electron chi connectivity index (χ4n) is 6.48. The first-order chi connectivity index (χ1) is 9.60. The molecular formula is C18H31NO2. The van der Waals surface area contributed by atoms with Gasteiger partial charge in [-0.2, -0.15) is 0 Å². The average molecular weight is 293 g/mol. The van der Waals surface area contributed by atoms with Crippen LogP contribution in [0.25, 0.3) is 0 Å². The fourth-order valence-corrected chi connectivity index (χ4v) is 6.48. The minimum Gasteiger partial charge on any atom is -0.396 e. The number of hydrogen-bond donors (Lipinski definition) is 2. The Morgan fingerprint density at radius 1 is 1.14 bits per heavy atom. The molecule has 4 saturated carbocycles. The lowest BCUT2D eigenvalue weighted by molar-refractivity contribution is -0.171. The normalized spacial score (nSPS) is 44.9. The Hall–Kier alpha value is -0.570. The molecule has 4 fully saturated rings. The van der Waals surface area contributed by atoms with Crippen LogP contribution in [0.2, 0.25) is 0 Å². The zero-order chi connectivity index (χ0) is 15.5. The summed E-state index contributed by atoms with van der Waals surface area (Å²) >= 11 is 0. The number of carbonyl (C=O) groups is 1. The molecule has 0 aromatic rings. The van der Waals surface area contributed by atoms with Crippen LogP contribution in [0.5, 0.6) is 0 Å². The third-order valence-corrected chi connectivity index (χ3v) is 6.30. The van der Waals surface area contributed by atoms with E-state index in [-0.39, 0.29) is 23.5 Å². The topological polar surface area (TPSA) is 49.3 Å². The van der Waals surface area contributed by atoms with E-state index in [1.807, 2.05) is 13.8 Å². The van der Waals surface area contributed by atoms with Crippen LogP contribution in [0.1, 0.15) is 72.6 Å². The Bertz CT molecular complexity index is 438. The van der Waals surface area contributed by atoms with Crippen molar-refractivity contribution in [3.05, 3.63) is 0 Å².